The fraction of sp³-hybridized carbons (Fsp3) is 0.0625. The monoisotopic (exact) mass is 437 g/mol. The van der Waals surface area contributed by atoms with E-state index in [0.717, 1.165) is 15.8 Å². The Hall–Kier alpha value is -2.10. The van der Waals surface area contributed by atoms with Gasteiger partial charge >= 0.3 is 0 Å². The predicted molar refractivity (Wildman–Crippen MR) is 99.3 cm³/mol. The highest BCUT2D eigenvalue weighted by Crippen LogP contribution is 2.22. The van der Waals surface area contributed by atoms with Crippen LogP contribution in [0, 0.1) is 0 Å². The lowest BCUT2D eigenvalue weighted by molar-refractivity contribution is 0.102. The van der Waals surface area contributed by atoms with Crippen molar-refractivity contribution in [2.24, 2.45) is 0 Å². The largest absolute Gasteiger partial charge is 0.296 e. The van der Waals surface area contributed by atoms with E-state index >= 15 is 0 Å². The molecule has 0 saturated carbocycles. The Bertz CT molecular complexity index is 1000. The number of halogens is 1. The number of carbonyl (C=O) groups excluding carboxylic acids is 1. The van der Waals surface area contributed by atoms with Gasteiger partial charge in [-0.05, 0) is 30.3 Å². The number of anilines is 1. The van der Waals surface area contributed by atoms with Gasteiger partial charge in [0.2, 0.25) is 5.13 Å². The SMILES string of the molecule is O=C(Nc1nnc(CS(=O)(=O)c2ccccc2)s1)c1cccc(Br)c1. The van der Waals surface area contributed by atoms with Crippen molar-refractivity contribution in [3.05, 3.63) is 69.6 Å². The highest BCUT2D eigenvalue weighted by atomic mass is 79.9. The Morgan fingerprint density at radius 3 is 2.56 bits per heavy atom. The van der Waals surface area contributed by atoms with Crippen LogP contribution in [0.5, 0.6) is 0 Å². The van der Waals surface area contributed by atoms with Crippen molar-refractivity contribution >= 4 is 48.1 Å². The number of hydrogen-bond acceptors (Lipinski definition) is 6. The summed E-state index contributed by atoms with van der Waals surface area (Å²) in [7, 11) is -3.50. The summed E-state index contributed by atoms with van der Waals surface area (Å²) < 4.78 is 25.5. The normalized spacial score (nSPS) is 11.2. The number of aromatic nitrogens is 2. The molecular weight excluding hydrogens is 426 g/mol. The molecule has 0 radical (unpaired) electrons. The van der Waals surface area contributed by atoms with Gasteiger partial charge in [-0.2, -0.15) is 0 Å². The molecule has 0 saturated heterocycles. The Labute approximate surface area is 157 Å². The molecule has 3 rings (SSSR count). The molecule has 128 valence electrons. The molecular formula is C16H12BrN3O3S2. The second-order valence-electron chi connectivity index (χ2n) is 5.04. The van der Waals surface area contributed by atoms with Gasteiger partial charge in [0.15, 0.2) is 9.84 Å². The van der Waals surface area contributed by atoms with E-state index in [1.807, 2.05) is 6.07 Å². The molecule has 0 fully saturated rings. The maximum atomic E-state index is 12.3. The molecule has 1 heterocycles. The van der Waals surface area contributed by atoms with E-state index in [1.165, 1.54) is 12.1 Å². The van der Waals surface area contributed by atoms with Gasteiger partial charge in [0.05, 0.1) is 4.90 Å². The van der Waals surface area contributed by atoms with E-state index in [-0.39, 0.29) is 21.7 Å². The summed E-state index contributed by atoms with van der Waals surface area (Å²) >= 11 is 4.34. The molecule has 6 nitrogen and oxygen atoms in total. The number of nitrogens with one attached hydrogen (secondary N) is 1. The van der Waals surface area contributed by atoms with Gasteiger partial charge in [0, 0.05) is 10.0 Å². The Balaban J connectivity index is 1.72. The van der Waals surface area contributed by atoms with Gasteiger partial charge in [-0.3, -0.25) is 10.1 Å². The van der Waals surface area contributed by atoms with Crippen molar-refractivity contribution in [2.75, 3.05) is 5.32 Å². The Morgan fingerprint density at radius 1 is 1.08 bits per heavy atom. The standard InChI is InChI=1S/C16H12BrN3O3S2/c17-12-6-4-5-11(9-12)15(21)18-16-20-19-14(24-16)10-25(22,23)13-7-2-1-3-8-13/h1-9H,10H2,(H,18,20,21). The first-order valence-electron chi connectivity index (χ1n) is 7.11. The third-order valence-electron chi connectivity index (χ3n) is 3.19. The zero-order chi connectivity index (χ0) is 17.9. The van der Waals surface area contributed by atoms with Crippen molar-refractivity contribution in [1.29, 1.82) is 0 Å². The summed E-state index contributed by atoms with van der Waals surface area (Å²) in [6.45, 7) is 0. The number of benzene rings is 2. The molecule has 2 aromatic carbocycles. The molecule has 0 aliphatic heterocycles. The maximum absolute atomic E-state index is 12.3. The summed E-state index contributed by atoms with van der Waals surface area (Å²) in [5.41, 5.74) is 0.461. The van der Waals surface area contributed by atoms with Crippen molar-refractivity contribution in [3.8, 4) is 0 Å². The molecule has 1 N–H and O–H groups in total. The van der Waals surface area contributed by atoms with Gasteiger partial charge in [-0.25, -0.2) is 8.42 Å². The quantitative estimate of drug-likeness (QED) is 0.659. The van der Waals surface area contributed by atoms with E-state index in [1.54, 1.807) is 36.4 Å². The molecule has 1 amide bonds. The molecule has 0 atom stereocenters. The second-order valence-corrected chi connectivity index (χ2v) is 9.00. The third kappa shape index (κ3) is 4.50. The maximum Gasteiger partial charge on any atom is 0.257 e. The van der Waals surface area contributed by atoms with Crippen molar-refractivity contribution in [1.82, 2.24) is 10.2 Å². The first-order chi connectivity index (χ1) is 11.9. The van der Waals surface area contributed by atoms with Crippen LogP contribution in [0.4, 0.5) is 5.13 Å². The minimum absolute atomic E-state index is 0.227. The fourth-order valence-corrected chi connectivity index (χ4v) is 4.79. The van der Waals surface area contributed by atoms with Gasteiger partial charge in [-0.15, -0.1) is 10.2 Å². The molecule has 0 bridgehead atoms. The average molecular weight is 438 g/mol. The topological polar surface area (TPSA) is 89.0 Å². The van der Waals surface area contributed by atoms with Crippen molar-refractivity contribution in [2.45, 2.75) is 10.6 Å². The van der Waals surface area contributed by atoms with Gasteiger partial charge in [0.25, 0.3) is 5.91 Å². The first-order valence-corrected chi connectivity index (χ1v) is 10.4. The molecule has 1 aromatic heterocycles. The lowest BCUT2D eigenvalue weighted by Gasteiger charge is -2.01. The van der Waals surface area contributed by atoms with Gasteiger partial charge in [0.1, 0.15) is 10.8 Å². The summed E-state index contributed by atoms with van der Waals surface area (Å²) in [5.74, 6) is -0.601. The molecule has 0 aliphatic rings. The molecule has 9 heteroatoms. The van der Waals surface area contributed by atoms with E-state index in [4.69, 9.17) is 0 Å². The van der Waals surface area contributed by atoms with Crippen LogP contribution < -0.4 is 5.32 Å². The first kappa shape index (κ1) is 17.7. The summed E-state index contributed by atoms with van der Waals surface area (Å²) in [6, 6.07) is 15.1. The average Bonchev–Trinajstić information content (AvgIpc) is 3.02. The fourth-order valence-electron chi connectivity index (χ4n) is 2.04. The highest BCUT2D eigenvalue weighted by molar-refractivity contribution is 9.10. The lowest BCUT2D eigenvalue weighted by atomic mass is 10.2. The van der Waals surface area contributed by atoms with Crippen LogP contribution in [-0.2, 0) is 15.6 Å². The van der Waals surface area contributed by atoms with Crippen LogP contribution in [0.25, 0.3) is 0 Å². The van der Waals surface area contributed by atoms with Crippen LogP contribution in [0.1, 0.15) is 15.4 Å². The predicted octanol–water partition coefficient (Wildman–Crippen LogP) is 3.53. The zero-order valence-corrected chi connectivity index (χ0v) is 15.9. The molecule has 0 aliphatic carbocycles. The summed E-state index contributed by atoms with van der Waals surface area (Å²) in [5, 5.41) is 10.9. The highest BCUT2D eigenvalue weighted by Gasteiger charge is 2.19. The molecule has 0 spiro atoms. The Kier molecular flexibility index (Phi) is 5.26. The number of nitrogens with zero attached hydrogens (tertiary/aromatic N) is 2. The van der Waals surface area contributed by atoms with Crippen LogP contribution >= 0.6 is 27.3 Å². The Morgan fingerprint density at radius 2 is 1.84 bits per heavy atom. The second kappa shape index (κ2) is 7.42. The van der Waals surface area contributed by atoms with Crippen LogP contribution in [0.2, 0.25) is 0 Å². The van der Waals surface area contributed by atoms with Crippen LogP contribution in [0.3, 0.4) is 0 Å². The summed E-state index contributed by atoms with van der Waals surface area (Å²) in [6.07, 6.45) is 0. The van der Waals surface area contributed by atoms with E-state index in [0.29, 0.717) is 10.6 Å². The number of rotatable bonds is 5. The van der Waals surface area contributed by atoms with E-state index in [9.17, 15) is 13.2 Å². The van der Waals surface area contributed by atoms with Gasteiger partial charge in [-0.1, -0.05) is 51.5 Å². The lowest BCUT2D eigenvalue weighted by Crippen LogP contribution is -2.11. The summed E-state index contributed by atoms with van der Waals surface area (Å²) in [4.78, 5) is 12.4. The number of carbonyl (C=O) groups is 1. The minimum Gasteiger partial charge on any atom is -0.296 e. The molecule has 3 aromatic rings. The molecule has 25 heavy (non-hydrogen) atoms. The number of sulfone groups is 1. The van der Waals surface area contributed by atoms with Crippen LogP contribution in [-0.4, -0.2) is 24.5 Å². The van der Waals surface area contributed by atoms with E-state index in [2.05, 4.69) is 31.4 Å². The van der Waals surface area contributed by atoms with Gasteiger partial charge < -0.3 is 0 Å². The minimum atomic E-state index is -3.50. The zero-order valence-electron chi connectivity index (χ0n) is 12.7. The number of hydrogen-bond donors (Lipinski definition) is 1. The molecule has 0 unspecified atom stereocenters. The van der Waals surface area contributed by atoms with Crippen molar-refractivity contribution in [3.63, 3.8) is 0 Å². The number of amides is 1. The van der Waals surface area contributed by atoms with Crippen LogP contribution in [0.15, 0.2) is 64.0 Å². The smallest absolute Gasteiger partial charge is 0.257 e. The van der Waals surface area contributed by atoms with E-state index < -0.39 is 9.84 Å². The third-order valence-corrected chi connectivity index (χ3v) is 6.35. The van der Waals surface area contributed by atoms with Crippen molar-refractivity contribution < 1.29 is 13.2 Å².